The zero-order valence-corrected chi connectivity index (χ0v) is 21.7. The van der Waals surface area contributed by atoms with Crippen LogP contribution in [0.25, 0.3) is 21.8 Å². The number of para-hydroxylation sites is 1. The summed E-state index contributed by atoms with van der Waals surface area (Å²) in [6.45, 7) is 3.97. The van der Waals surface area contributed by atoms with Crippen LogP contribution in [0, 0.1) is 5.82 Å². The quantitative estimate of drug-likeness (QED) is 0.263. The highest BCUT2D eigenvalue weighted by Crippen LogP contribution is 2.22. The monoisotopic (exact) mass is 559 g/mol. The molecule has 37 heavy (non-hydrogen) atoms. The molecule has 186 valence electrons. The van der Waals surface area contributed by atoms with Gasteiger partial charge in [0.2, 0.25) is 5.91 Å². The molecule has 0 aliphatic rings. The normalized spacial score (nSPS) is 11.7. The van der Waals surface area contributed by atoms with Gasteiger partial charge in [0.25, 0.3) is 5.56 Å². The molecule has 2 heterocycles. The zero-order chi connectivity index (χ0) is 26.1. The average Bonchev–Trinajstić information content (AvgIpc) is 3.22. The second-order valence-electron chi connectivity index (χ2n) is 8.93. The lowest BCUT2D eigenvalue weighted by molar-refractivity contribution is -0.116. The van der Waals surface area contributed by atoms with Gasteiger partial charge in [0, 0.05) is 38.7 Å². The predicted molar refractivity (Wildman–Crippen MR) is 148 cm³/mol. The first kappa shape index (κ1) is 24.6. The first-order valence-electron chi connectivity index (χ1n) is 11.7. The number of fused-ring (bicyclic) bond motifs is 2. The van der Waals surface area contributed by atoms with E-state index in [9.17, 15) is 14.0 Å². The van der Waals surface area contributed by atoms with Crippen molar-refractivity contribution < 1.29 is 9.18 Å². The van der Waals surface area contributed by atoms with Gasteiger partial charge in [-0.1, -0.05) is 48.0 Å². The number of anilines is 1. The highest BCUT2D eigenvalue weighted by Gasteiger charge is 2.15. The van der Waals surface area contributed by atoms with E-state index in [1.807, 2.05) is 61.0 Å². The summed E-state index contributed by atoms with van der Waals surface area (Å²) in [5.74, 6) is -0.0985. The van der Waals surface area contributed by atoms with Crippen molar-refractivity contribution in [2.75, 3.05) is 5.32 Å². The van der Waals surface area contributed by atoms with Gasteiger partial charge in [-0.05, 0) is 48.5 Å². The van der Waals surface area contributed by atoms with E-state index in [4.69, 9.17) is 0 Å². The highest BCUT2D eigenvalue weighted by atomic mass is 79.9. The molecule has 0 aliphatic carbocycles. The van der Waals surface area contributed by atoms with Crippen molar-refractivity contribution in [2.45, 2.75) is 26.3 Å². The lowest BCUT2D eigenvalue weighted by Gasteiger charge is -2.11. The van der Waals surface area contributed by atoms with E-state index in [-0.39, 0.29) is 29.7 Å². The van der Waals surface area contributed by atoms with Crippen molar-refractivity contribution in [1.29, 1.82) is 0 Å². The van der Waals surface area contributed by atoms with Gasteiger partial charge < -0.3 is 9.88 Å². The van der Waals surface area contributed by atoms with Crippen molar-refractivity contribution >= 4 is 55.5 Å². The number of nitrogens with one attached hydrogen (secondary N) is 1. The topological polar surface area (TPSA) is 81.3 Å². The number of nitrogens with zero attached hydrogens (tertiary/aromatic N) is 4. The minimum Gasteiger partial charge on any atom is -0.337 e. The average molecular weight is 560 g/mol. The molecule has 0 unspecified atom stereocenters. The zero-order valence-electron chi connectivity index (χ0n) is 20.2. The summed E-state index contributed by atoms with van der Waals surface area (Å²) in [6.07, 6.45) is 3.44. The Morgan fingerprint density at radius 1 is 1.11 bits per heavy atom. The van der Waals surface area contributed by atoms with Gasteiger partial charge in [-0.2, -0.15) is 9.78 Å². The molecule has 1 amide bonds. The van der Waals surface area contributed by atoms with Crippen molar-refractivity contribution in [3.8, 4) is 0 Å². The van der Waals surface area contributed by atoms with Crippen molar-refractivity contribution in [3.63, 3.8) is 0 Å². The molecule has 5 aromatic rings. The molecular weight excluding hydrogens is 537 g/mol. The summed E-state index contributed by atoms with van der Waals surface area (Å²) >= 11 is 3.42. The van der Waals surface area contributed by atoms with Crippen LogP contribution >= 0.6 is 15.9 Å². The van der Waals surface area contributed by atoms with Crippen molar-refractivity contribution in [1.82, 2.24) is 14.2 Å². The molecule has 0 saturated carbocycles. The molecule has 5 rings (SSSR count). The summed E-state index contributed by atoms with van der Waals surface area (Å²) < 4.78 is 17.1. The van der Waals surface area contributed by atoms with E-state index in [0.717, 1.165) is 20.9 Å². The third-order valence-corrected chi connectivity index (χ3v) is 6.42. The van der Waals surface area contributed by atoms with E-state index in [0.29, 0.717) is 22.4 Å². The SMILES string of the molecule is CC(C)c1nc2ccc(Br)cc2c(=O)n1N=Cc1cn(CC(=O)Nc2ccc(F)cc2)c2ccccc12. The molecule has 2 aromatic heterocycles. The number of aromatic nitrogens is 3. The molecule has 0 saturated heterocycles. The van der Waals surface area contributed by atoms with Gasteiger partial charge in [-0.3, -0.25) is 9.59 Å². The second-order valence-corrected chi connectivity index (χ2v) is 9.85. The lowest BCUT2D eigenvalue weighted by Crippen LogP contribution is -2.23. The van der Waals surface area contributed by atoms with Crippen molar-refractivity contribution in [2.24, 2.45) is 5.10 Å². The number of carbonyl (C=O) groups excluding carboxylic acids is 1. The van der Waals surface area contributed by atoms with Gasteiger partial charge in [-0.25, -0.2) is 9.37 Å². The maximum Gasteiger partial charge on any atom is 0.282 e. The molecule has 3 aromatic carbocycles. The van der Waals surface area contributed by atoms with E-state index in [1.165, 1.54) is 28.9 Å². The Kier molecular flexibility index (Phi) is 6.71. The predicted octanol–water partition coefficient (Wildman–Crippen LogP) is 5.90. The molecule has 7 nitrogen and oxygen atoms in total. The summed E-state index contributed by atoms with van der Waals surface area (Å²) in [4.78, 5) is 30.7. The molecular formula is C28H23BrFN5O2. The number of halogens is 2. The van der Waals surface area contributed by atoms with Gasteiger partial charge in [-0.15, -0.1) is 0 Å². The largest absolute Gasteiger partial charge is 0.337 e. The molecule has 0 atom stereocenters. The third-order valence-electron chi connectivity index (χ3n) is 5.92. The molecule has 0 aliphatic heterocycles. The number of hydrogen-bond donors (Lipinski definition) is 1. The number of hydrogen-bond acceptors (Lipinski definition) is 4. The minimum absolute atomic E-state index is 0.0330. The first-order valence-corrected chi connectivity index (χ1v) is 12.5. The van der Waals surface area contributed by atoms with Crippen LogP contribution in [0.2, 0.25) is 0 Å². The molecule has 1 N–H and O–H groups in total. The van der Waals surface area contributed by atoms with Crippen LogP contribution in [-0.2, 0) is 11.3 Å². The number of benzene rings is 3. The molecule has 0 fully saturated rings. The molecule has 0 radical (unpaired) electrons. The van der Waals surface area contributed by atoms with Crippen LogP contribution in [0.3, 0.4) is 0 Å². The van der Waals surface area contributed by atoms with Crippen LogP contribution in [0.5, 0.6) is 0 Å². The highest BCUT2D eigenvalue weighted by molar-refractivity contribution is 9.10. The number of amides is 1. The Hall–Kier alpha value is -4.11. The summed E-state index contributed by atoms with van der Waals surface area (Å²) in [5, 5.41) is 8.68. The fourth-order valence-electron chi connectivity index (χ4n) is 4.17. The van der Waals surface area contributed by atoms with Gasteiger partial charge in [0.15, 0.2) is 0 Å². The van der Waals surface area contributed by atoms with Gasteiger partial charge in [0.05, 0.1) is 17.1 Å². The fourth-order valence-corrected chi connectivity index (χ4v) is 4.53. The summed E-state index contributed by atoms with van der Waals surface area (Å²) in [7, 11) is 0. The van der Waals surface area contributed by atoms with E-state index in [1.54, 1.807) is 12.3 Å². The van der Waals surface area contributed by atoms with Gasteiger partial charge in [0.1, 0.15) is 18.2 Å². The van der Waals surface area contributed by atoms with Crippen molar-refractivity contribution in [3.05, 3.63) is 105 Å². The Balaban J connectivity index is 1.51. The molecule has 0 spiro atoms. The minimum atomic E-state index is -0.368. The van der Waals surface area contributed by atoms with Crippen LogP contribution < -0.4 is 10.9 Å². The Morgan fingerprint density at radius 2 is 1.86 bits per heavy atom. The summed E-state index contributed by atoms with van der Waals surface area (Å²) in [6, 6.07) is 18.7. The third kappa shape index (κ3) is 5.08. The maximum atomic E-state index is 13.3. The standard InChI is InChI=1S/C28H23BrFN5O2/c1-17(2)27-33-24-12-7-19(29)13-23(24)28(37)35(27)31-14-18-15-34(25-6-4-3-5-22(18)25)16-26(36)32-21-10-8-20(30)9-11-21/h3-15,17H,16H2,1-2H3,(H,32,36). The molecule has 0 bridgehead atoms. The molecule has 9 heteroatoms. The van der Waals surface area contributed by atoms with E-state index in [2.05, 4.69) is 31.3 Å². The Morgan fingerprint density at radius 3 is 2.62 bits per heavy atom. The van der Waals surface area contributed by atoms with Gasteiger partial charge >= 0.3 is 0 Å². The smallest absolute Gasteiger partial charge is 0.282 e. The first-order chi connectivity index (χ1) is 17.8. The van der Waals surface area contributed by atoms with Crippen LogP contribution in [-0.4, -0.2) is 26.3 Å². The van der Waals surface area contributed by atoms with Crippen LogP contribution in [0.15, 0.2) is 87.3 Å². The number of carbonyl (C=O) groups is 1. The van der Waals surface area contributed by atoms with E-state index < -0.39 is 0 Å². The summed E-state index contributed by atoms with van der Waals surface area (Å²) in [5.41, 5.74) is 2.47. The number of rotatable bonds is 6. The van der Waals surface area contributed by atoms with Crippen LogP contribution in [0.4, 0.5) is 10.1 Å². The van der Waals surface area contributed by atoms with E-state index >= 15 is 0 Å². The Bertz CT molecular complexity index is 1720. The Labute approximate surface area is 220 Å². The lowest BCUT2D eigenvalue weighted by atomic mass is 10.2. The maximum absolute atomic E-state index is 13.3. The van der Waals surface area contributed by atoms with Crippen LogP contribution in [0.1, 0.15) is 31.2 Å². The second kappa shape index (κ2) is 10.1. The fraction of sp³-hybridized carbons (Fsp3) is 0.143.